The first-order chi connectivity index (χ1) is 7.74. The molecule has 2 rings (SSSR count). The maximum absolute atomic E-state index is 6.23. The van der Waals surface area contributed by atoms with Crippen LogP contribution >= 0.6 is 11.6 Å². The third-order valence-corrected chi connectivity index (χ3v) is 3.61. The van der Waals surface area contributed by atoms with Gasteiger partial charge in [0.1, 0.15) is 0 Å². The summed E-state index contributed by atoms with van der Waals surface area (Å²) in [5.74, 6) is 0.565. The van der Waals surface area contributed by atoms with E-state index < -0.39 is 0 Å². The number of rotatable bonds is 5. The topological polar surface area (TPSA) is 53.1 Å². The number of hydrogen-bond donors (Lipinski definition) is 1. The van der Waals surface area contributed by atoms with Crippen LogP contribution in [0.4, 0.5) is 0 Å². The van der Waals surface area contributed by atoms with E-state index in [0.29, 0.717) is 24.1 Å². The SMILES string of the molecule is COCCn1ncc(Cl)c1C(N)C1CCC1. The Morgan fingerprint density at radius 3 is 3.00 bits per heavy atom. The van der Waals surface area contributed by atoms with Crippen LogP contribution in [0.1, 0.15) is 31.0 Å². The summed E-state index contributed by atoms with van der Waals surface area (Å²) in [7, 11) is 1.68. The van der Waals surface area contributed by atoms with Crippen molar-refractivity contribution in [1.82, 2.24) is 9.78 Å². The molecule has 0 amide bonds. The van der Waals surface area contributed by atoms with Crippen molar-refractivity contribution in [3.63, 3.8) is 0 Å². The highest BCUT2D eigenvalue weighted by Crippen LogP contribution is 2.38. The second-order valence-electron chi connectivity index (χ2n) is 4.31. The van der Waals surface area contributed by atoms with Crippen LogP contribution in [-0.2, 0) is 11.3 Å². The Bertz CT molecular complexity index is 349. The van der Waals surface area contributed by atoms with E-state index >= 15 is 0 Å². The predicted octanol–water partition coefficient (Wildman–Crippen LogP) is 1.98. The van der Waals surface area contributed by atoms with Gasteiger partial charge in [-0.1, -0.05) is 18.0 Å². The summed E-state index contributed by atoms with van der Waals surface area (Å²) >= 11 is 6.14. The molecule has 1 fully saturated rings. The normalized spacial score (nSPS) is 18.4. The quantitative estimate of drug-likeness (QED) is 0.861. The lowest BCUT2D eigenvalue weighted by molar-refractivity contribution is 0.179. The van der Waals surface area contributed by atoms with Crippen LogP contribution in [0, 0.1) is 5.92 Å². The lowest BCUT2D eigenvalue weighted by atomic mass is 9.79. The Morgan fingerprint density at radius 1 is 1.69 bits per heavy atom. The van der Waals surface area contributed by atoms with Crippen molar-refractivity contribution in [2.24, 2.45) is 11.7 Å². The fourth-order valence-electron chi connectivity index (χ4n) is 2.08. The predicted molar refractivity (Wildman–Crippen MR) is 63.4 cm³/mol. The van der Waals surface area contributed by atoms with Gasteiger partial charge in [-0.05, 0) is 18.8 Å². The smallest absolute Gasteiger partial charge is 0.0834 e. The maximum Gasteiger partial charge on any atom is 0.0834 e. The molecule has 1 aromatic heterocycles. The van der Waals surface area contributed by atoms with Crippen LogP contribution < -0.4 is 5.73 Å². The van der Waals surface area contributed by atoms with Crippen LogP contribution in [0.15, 0.2) is 6.20 Å². The van der Waals surface area contributed by atoms with Gasteiger partial charge < -0.3 is 10.5 Å². The molecular formula is C11H18ClN3O. The van der Waals surface area contributed by atoms with Gasteiger partial charge in [0.05, 0.1) is 36.1 Å². The first-order valence-electron chi connectivity index (χ1n) is 5.69. The average Bonchev–Trinajstić information content (AvgIpc) is 2.54. The van der Waals surface area contributed by atoms with Crippen LogP contribution in [0.2, 0.25) is 5.02 Å². The Kier molecular flexibility index (Phi) is 3.84. The molecule has 1 unspecified atom stereocenters. The first kappa shape index (κ1) is 11.9. The highest BCUT2D eigenvalue weighted by molar-refractivity contribution is 6.31. The molecule has 1 aromatic rings. The monoisotopic (exact) mass is 243 g/mol. The van der Waals surface area contributed by atoms with Gasteiger partial charge >= 0.3 is 0 Å². The molecule has 0 aliphatic heterocycles. The molecule has 1 atom stereocenters. The number of ether oxygens (including phenoxy) is 1. The maximum atomic E-state index is 6.23. The van der Waals surface area contributed by atoms with Crippen molar-refractivity contribution in [2.75, 3.05) is 13.7 Å². The van der Waals surface area contributed by atoms with E-state index in [1.54, 1.807) is 13.3 Å². The van der Waals surface area contributed by atoms with Crippen molar-refractivity contribution >= 4 is 11.6 Å². The van der Waals surface area contributed by atoms with E-state index in [2.05, 4.69) is 5.10 Å². The molecule has 1 heterocycles. The largest absolute Gasteiger partial charge is 0.383 e. The second kappa shape index (κ2) is 5.17. The molecule has 0 saturated heterocycles. The summed E-state index contributed by atoms with van der Waals surface area (Å²) in [6, 6.07) is 0.0145. The van der Waals surface area contributed by atoms with Gasteiger partial charge in [0, 0.05) is 7.11 Å². The third kappa shape index (κ3) is 2.24. The van der Waals surface area contributed by atoms with Crippen LogP contribution in [0.3, 0.4) is 0 Å². The molecule has 2 N–H and O–H groups in total. The minimum Gasteiger partial charge on any atom is -0.383 e. The summed E-state index contributed by atoms with van der Waals surface area (Å²) in [5, 5.41) is 4.92. The Balaban J connectivity index is 2.13. The zero-order valence-electron chi connectivity index (χ0n) is 9.53. The summed E-state index contributed by atoms with van der Waals surface area (Å²) in [4.78, 5) is 0. The third-order valence-electron chi connectivity index (χ3n) is 3.31. The van der Waals surface area contributed by atoms with Gasteiger partial charge in [-0.25, -0.2) is 0 Å². The van der Waals surface area contributed by atoms with Gasteiger partial charge in [0.25, 0.3) is 0 Å². The number of nitrogens with zero attached hydrogens (tertiary/aromatic N) is 2. The van der Waals surface area contributed by atoms with E-state index in [1.807, 2.05) is 4.68 Å². The molecule has 1 aliphatic rings. The van der Waals surface area contributed by atoms with Crippen LogP contribution in [0.5, 0.6) is 0 Å². The van der Waals surface area contributed by atoms with E-state index in [9.17, 15) is 0 Å². The molecule has 90 valence electrons. The first-order valence-corrected chi connectivity index (χ1v) is 6.07. The minimum atomic E-state index is 0.0145. The van der Waals surface area contributed by atoms with E-state index in [1.165, 1.54) is 19.3 Å². The van der Waals surface area contributed by atoms with Crippen molar-refractivity contribution in [2.45, 2.75) is 31.8 Å². The van der Waals surface area contributed by atoms with Crippen molar-refractivity contribution < 1.29 is 4.74 Å². The number of hydrogen-bond acceptors (Lipinski definition) is 3. The van der Waals surface area contributed by atoms with Crippen LogP contribution in [0.25, 0.3) is 0 Å². The van der Waals surface area contributed by atoms with Crippen molar-refractivity contribution in [1.29, 1.82) is 0 Å². The molecular weight excluding hydrogens is 226 g/mol. The zero-order valence-corrected chi connectivity index (χ0v) is 10.3. The molecule has 1 aliphatic carbocycles. The van der Waals surface area contributed by atoms with Gasteiger partial charge in [0.2, 0.25) is 0 Å². The van der Waals surface area contributed by atoms with Gasteiger partial charge in [0.15, 0.2) is 0 Å². The highest BCUT2D eigenvalue weighted by Gasteiger charge is 2.29. The van der Waals surface area contributed by atoms with E-state index in [4.69, 9.17) is 22.1 Å². The lowest BCUT2D eigenvalue weighted by Crippen LogP contribution is -2.29. The van der Waals surface area contributed by atoms with E-state index in [0.717, 1.165) is 5.69 Å². The minimum absolute atomic E-state index is 0.0145. The molecule has 16 heavy (non-hydrogen) atoms. The molecule has 0 radical (unpaired) electrons. The van der Waals surface area contributed by atoms with E-state index in [-0.39, 0.29) is 6.04 Å². The standard InChI is InChI=1S/C11H18ClN3O/c1-16-6-5-15-11(9(12)7-14-15)10(13)8-3-2-4-8/h7-8,10H,2-6,13H2,1H3. The molecule has 1 saturated carbocycles. The van der Waals surface area contributed by atoms with Crippen molar-refractivity contribution in [3.05, 3.63) is 16.9 Å². The van der Waals surface area contributed by atoms with Crippen LogP contribution in [-0.4, -0.2) is 23.5 Å². The fraction of sp³-hybridized carbons (Fsp3) is 0.727. The number of nitrogens with two attached hydrogens (primary N) is 1. The molecule has 4 nitrogen and oxygen atoms in total. The van der Waals surface area contributed by atoms with Gasteiger partial charge in [-0.2, -0.15) is 5.10 Å². The molecule has 0 aromatic carbocycles. The molecule has 0 spiro atoms. The number of halogens is 1. The summed E-state index contributed by atoms with van der Waals surface area (Å²) < 4.78 is 6.92. The number of aromatic nitrogens is 2. The Morgan fingerprint density at radius 2 is 2.44 bits per heavy atom. The Labute approximate surface area is 101 Å². The zero-order chi connectivity index (χ0) is 11.5. The number of methoxy groups -OCH3 is 1. The van der Waals surface area contributed by atoms with Crippen molar-refractivity contribution in [3.8, 4) is 0 Å². The van der Waals surface area contributed by atoms with Gasteiger partial charge in [-0.3, -0.25) is 4.68 Å². The second-order valence-corrected chi connectivity index (χ2v) is 4.72. The molecule has 0 bridgehead atoms. The average molecular weight is 244 g/mol. The highest BCUT2D eigenvalue weighted by atomic mass is 35.5. The summed E-state index contributed by atoms with van der Waals surface area (Å²) in [5.41, 5.74) is 7.19. The Hall–Kier alpha value is -0.580. The fourth-order valence-corrected chi connectivity index (χ4v) is 2.35. The summed E-state index contributed by atoms with van der Waals surface area (Å²) in [6.45, 7) is 1.33. The van der Waals surface area contributed by atoms with Gasteiger partial charge in [-0.15, -0.1) is 0 Å². The molecule has 5 heteroatoms. The summed E-state index contributed by atoms with van der Waals surface area (Å²) in [6.07, 6.45) is 5.35. The lowest BCUT2D eigenvalue weighted by Gasteiger charge is -2.31.